The number of aromatic nitrogens is 1. The molecule has 1 aromatic heterocycles. The van der Waals surface area contributed by atoms with Gasteiger partial charge in [-0.05, 0) is 24.3 Å². The number of nitrogens with one attached hydrogen (secondary N) is 2. The third kappa shape index (κ3) is 3.80. The van der Waals surface area contributed by atoms with Crippen molar-refractivity contribution in [3.8, 4) is 5.75 Å². The first-order valence-corrected chi connectivity index (χ1v) is 6.17. The molecule has 1 heterocycles. The van der Waals surface area contributed by atoms with Crippen LogP contribution in [0.1, 0.15) is 10.5 Å². The Labute approximate surface area is 120 Å². The highest BCUT2D eigenvalue weighted by atomic mass is 16.6. The van der Waals surface area contributed by atoms with E-state index in [9.17, 15) is 14.9 Å². The van der Waals surface area contributed by atoms with Gasteiger partial charge in [-0.1, -0.05) is 0 Å². The summed E-state index contributed by atoms with van der Waals surface area (Å²) in [4.78, 5) is 24.4. The standard InChI is InChI=1S/C13H14N4O4/c14-5-6-21-11-3-1-9(2-4-11)16-13(18)12-7-10(8-15-12)17(19)20/h1-4,7-8,15H,5-6,14H2,(H,16,18). The zero-order chi connectivity index (χ0) is 15.2. The topological polar surface area (TPSA) is 123 Å². The number of rotatable bonds is 6. The number of anilines is 1. The van der Waals surface area contributed by atoms with E-state index in [1.807, 2.05) is 0 Å². The van der Waals surface area contributed by atoms with Crippen molar-refractivity contribution < 1.29 is 14.5 Å². The van der Waals surface area contributed by atoms with Gasteiger partial charge in [0.1, 0.15) is 18.1 Å². The van der Waals surface area contributed by atoms with Crippen LogP contribution in [0.15, 0.2) is 36.5 Å². The third-order valence-corrected chi connectivity index (χ3v) is 2.62. The highest BCUT2D eigenvalue weighted by molar-refractivity contribution is 6.03. The van der Waals surface area contributed by atoms with Crippen LogP contribution in [0.3, 0.4) is 0 Å². The summed E-state index contributed by atoms with van der Waals surface area (Å²) in [7, 11) is 0. The molecule has 110 valence electrons. The summed E-state index contributed by atoms with van der Waals surface area (Å²) >= 11 is 0. The molecule has 21 heavy (non-hydrogen) atoms. The summed E-state index contributed by atoms with van der Waals surface area (Å²) in [6, 6.07) is 7.90. The number of aromatic amines is 1. The molecule has 8 nitrogen and oxygen atoms in total. The number of nitrogens with zero attached hydrogens (tertiary/aromatic N) is 1. The molecule has 1 aromatic carbocycles. The zero-order valence-electron chi connectivity index (χ0n) is 11.0. The van der Waals surface area contributed by atoms with E-state index in [0.717, 1.165) is 0 Å². The van der Waals surface area contributed by atoms with Gasteiger partial charge in [-0.15, -0.1) is 0 Å². The fourth-order valence-corrected chi connectivity index (χ4v) is 1.63. The van der Waals surface area contributed by atoms with Gasteiger partial charge in [0.25, 0.3) is 11.6 Å². The Morgan fingerprint density at radius 3 is 2.67 bits per heavy atom. The summed E-state index contributed by atoms with van der Waals surface area (Å²) in [5, 5.41) is 13.2. The minimum atomic E-state index is -0.573. The molecule has 0 saturated heterocycles. The number of amides is 1. The number of ether oxygens (including phenoxy) is 1. The smallest absolute Gasteiger partial charge is 0.287 e. The lowest BCUT2D eigenvalue weighted by molar-refractivity contribution is -0.384. The molecule has 8 heteroatoms. The SMILES string of the molecule is NCCOc1ccc(NC(=O)c2cc([N+](=O)[O-])c[nH]2)cc1. The van der Waals surface area contributed by atoms with Crippen molar-refractivity contribution >= 4 is 17.3 Å². The van der Waals surface area contributed by atoms with Crippen LogP contribution in [-0.2, 0) is 0 Å². The predicted molar refractivity (Wildman–Crippen MR) is 76.4 cm³/mol. The van der Waals surface area contributed by atoms with Crippen molar-refractivity contribution in [2.24, 2.45) is 5.73 Å². The summed E-state index contributed by atoms with van der Waals surface area (Å²) in [6.07, 6.45) is 1.17. The molecular weight excluding hydrogens is 276 g/mol. The Kier molecular flexibility index (Phi) is 4.52. The van der Waals surface area contributed by atoms with E-state index >= 15 is 0 Å². The van der Waals surface area contributed by atoms with Crippen LogP contribution in [-0.4, -0.2) is 29.0 Å². The predicted octanol–water partition coefficient (Wildman–Crippen LogP) is 1.51. The fraction of sp³-hybridized carbons (Fsp3) is 0.154. The Morgan fingerprint density at radius 2 is 2.10 bits per heavy atom. The van der Waals surface area contributed by atoms with Gasteiger partial charge < -0.3 is 20.8 Å². The van der Waals surface area contributed by atoms with Crippen molar-refractivity contribution in [3.05, 3.63) is 52.3 Å². The Hall–Kier alpha value is -2.87. The van der Waals surface area contributed by atoms with Crippen LogP contribution in [0.5, 0.6) is 5.75 Å². The summed E-state index contributed by atoms with van der Waals surface area (Å²) in [5.41, 5.74) is 5.83. The average Bonchev–Trinajstić information content (AvgIpc) is 2.97. The lowest BCUT2D eigenvalue weighted by Gasteiger charge is -2.06. The summed E-state index contributed by atoms with van der Waals surface area (Å²) in [6.45, 7) is 0.835. The molecule has 0 atom stereocenters. The fourth-order valence-electron chi connectivity index (χ4n) is 1.63. The second-order valence-electron chi connectivity index (χ2n) is 4.14. The Morgan fingerprint density at radius 1 is 1.38 bits per heavy atom. The second kappa shape index (κ2) is 6.53. The molecule has 0 unspecified atom stereocenters. The van der Waals surface area contributed by atoms with E-state index in [1.54, 1.807) is 24.3 Å². The minimum absolute atomic E-state index is 0.116. The van der Waals surface area contributed by atoms with Crippen molar-refractivity contribution in [2.45, 2.75) is 0 Å². The van der Waals surface area contributed by atoms with Gasteiger partial charge in [0.2, 0.25) is 0 Å². The highest BCUT2D eigenvalue weighted by Gasteiger charge is 2.14. The maximum atomic E-state index is 11.9. The van der Waals surface area contributed by atoms with Gasteiger partial charge in [-0.25, -0.2) is 0 Å². The average molecular weight is 290 g/mol. The Balaban J connectivity index is 2.00. The van der Waals surface area contributed by atoms with E-state index in [2.05, 4.69) is 10.3 Å². The van der Waals surface area contributed by atoms with Gasteiger partial charge >= 0.3 is 0 Å². The molecule has 1 amide bonds. The first-order valence-electron chi connectivity index (χ1n) is 6.17. The van der Waals surface area contributed by atoms with Crippen LogP contribution in [0, 0.1) is 10.1 Å². The number of hydrogen-bond acceptors (Lipinski definition) is 5. The lowest BCUT2D eigenvalue weighted by atomic mass is 10.3. The van der Waals surface area contributed by atoms with Crippen LogP contribution in [0.4, 0.5) is 11.4 Å². The van der Waals surface area contributed by atoms with Crippen LogP contribution in [0.2, 0.25) is 0 Å². The van der Waals surface area contributed by atoms with Crippen LogP contribution >= 0.6 is 0 Å². The van der Waals surface area contributed by atoms with E-state index in [1.165, 1.54) is 12.3 Å². The van der Waals surface area contributed by atoms with Crippen LogP contribution < -0.4 is 15.8 Å². The number of nitrogens with two attached hydrogens (primary N) is 1. The molecule has 4 N–H and O–H groups in total. The van der Waals surface area contributed by atoms with Gasteiger partial charge in [-0.3, -0.25) is 14.9 Å². The first-order chi connectivity index (χ1) is 10.1. The first kappa shape index (κ1) is 14.5. The van der Waals surface area contributed by atoms with Gasteiger partial charge in [0, 0.05) is 18.3 Å². The number of H-pyrrole nitrogens is 1. The molecule has 2 rings (SSSR count). The molecular formula is C13H14N4O4. The number of benzene rings is 1. The molecule has 0 aliphatic heterocycles. The maximum Gasteiger partial charge on any atom is 0.287 e. The monoisotopic (exact) mass is 290 g/mol. The van der Waals surface area contributed by atoms with Gasteiger partial charge in [0.15, 0.2) is 0 Å². The number of hydrogen-bond donors (Lipinski definition) is 3. The summed E-state index contributed by atoms with van der Waals surface area (Å²) in [5.74, 6) is 0.188. The van der Waals surface area contributed by atoms with Gasteiger partial charge in [-0.2, -0.15) is 0 Å². The number of nitro groups is 1. The molecule has 0 radical (unpaired) electrons. The largest absolute Gasteiger partial charge is 0.492 e. The Bertz CT molecular complexity index is 636. The highest BCUT2D eigenvalue weighted by Crippen LogP contribution is 2.17. The molecule has 0 bridgehead atoms. The van der Waals surface area contributed by atoms with E-state index in [-0.39, 0.29) is 11.4 Å². The third-order valence-electron chi connectivity index (χ3n) is 2.62. The van der Waals surface area contributed by atoms with Crippen molar-refractivity contribution in [2.75, 3.05) is 18.5 Å². The zero-order valence-corrected chi connectivity index (χ0v) is 11.0. The number of carbonyl (C=O) groups is 1. The van der Waals surface area contributed by atoms with Crippen molar-refractivity contribution in [1.29, 1.82) is 0 Å². The quantitative estimate of drug-likeness (QED) is 0.549. The lowest BCUT2D eigenvalue weighted by Crippen LogP contribution is -2.12. The van der Waals surface area contributed by atoms with Crippen molar-refractivity contribution in [1.82, 2.24) is 4.98 Å². The molecule has 0 spiro atoms. The molecule has 2 aromatic rings. The molecule has 0 fully saturated rings. The molecule has 0 aliphatic carbocycles. The van der Waals surface area contributed by atoms with E-state index in [4.69, 9.17) is 10.5 Å². The summed E-state index contributed by atoms with van der Waals surface area (Å²) < 4.78 is 5.31. The second-order valence-corrected chi connectivity index (χ2v) is 4.14. The van der Waals surface area contributed by atoms with E-state index in [0.29, 0.717) is 24.6 Å². The van der Waals surface area contributed by atoms with Crippen LogP contribution in [0.25, 0.3) is 0 Å². The minimum Gasteiger partial charge on any atom is -0.492 e. The van der Waals surface area contributed by atoms with Gasteiger partial charge in [0.05, 0.1) is 11.1 Å². The van der Waals surface area contributed by atoms with Crippen molar-refractivity contribution in [3.63, 3.8) is 0 Å². The molecule has 0 saturated carbocycles. The maximum absolute atomic E-state index is 11.9. The van der Waals surface area contributed by atoms with E-state index < -0.39 is 10.8 Å². The molecule has 0 aliphatic rings. The number of carbonyl (C=O) groups excluding carboxylic acids is 1. The normalized spacial score (nSPS) is 10.1.